The summed E-state index contributed by atoms with van der Waals surface area (Å²) in [5.41, 5.74) is 0.972. The van der Waals surface area contributed by atoms with E-state index in [1.54, 1.807) is 27.8 Å². The van der Waals surface area contributed by atoms with Crippen LogP contribution < -0.4 is 5.32 Å². The number of thiophene rings is 1. The maximum absolute atomic E-state index is 12.7. The van der Waals surface area contributed by atoms with Gasteiger partial charge in [-0.2, -0.15) is 4.31 Å². The van der Waals surface area contributed by atoms with E-state index in [0.29, 0.717) is 36.7 Å². The molecule has 2 aromatic rings. The average molecular weight is 449 g/mol. The van der Waals surface area contributed by atoms with Gasteiger partial charge in [0.2, 0.25) is 15.9 Å². The van der Waals surface area contributed by atoms with E-state index in [1.165, 1.54) is 4.88 Å². The number of hydrogen-bond acceptors (Lipinski definition) is 4. The molecule has 1 fully saturated rings. The fourth-order valence-electron chi connectivity index (χ4n) is 3.81. The van der Waals surface area contributed by atoms with Crippen LogP contribution in [-0.2, 0) is 21.2 Å². The van der Waals surface area contributed by atoms with E-state index >= 15 is 0 Å². The van der Waals surface area contributed by atoms with Crippen LogP contribution in [0.25, 0.3) is 0 Å². The van der Waals surface area contributed by atoms with Crippen LogP contribution in [0.5, 0.6) is 0 Å². The fourth-order valence-corrected chi connectivity index (χ4v) is 6.12. The van der Waals surface area contributed by atoms with Gasteiger partial charge in [0.1, 0.15) is 0 Å². The Morgan fingerprint density at radius 1 is 1.10 bits per heavy atom. The highest BCUT2D eigenvalue weighted by atomic mass is 32.2. The van der Waals surface area contributed by atoms with Gasteiger partial charge < -0.3 is 5.32 Å². The molecule has 1 aliphatic rings. The van der Waals surface area contributed by atoms with Gasteiger partial charge in [0.15, 0.2) is 0 Å². The first-order valence-electron chi connectivity index (χ1n) is 10.8. The molecule has 0 saturated carbocycles. The molecule has 0 radical (unpaired) electrons. The van der Waals surface area contributed by atoms with Crippen molar-refractivity contribution in [2.75, 3.05) is 13.1 Å². The number of carbonyl (C=O) groups is 1. The second-order valence-electron chi connectivity index (χ2n) is 8.37. The van der Waals surface area contributed by atoms with E-state index in [2.05, 4.69) is 25.2 Å². The van der Waals surface area contributed by atoms with Crippen LogP contribution in [0.2, 0.25) is 0 Å². The lowest BCUT2D eigenvalue weighted by Crippen LogP contribution is -2.35. The molecule has 30 heavy (non-hydrogen) atoms. The normalized spacial score (nSPS) is 16.5. The van der Waals surface area contributed by atoms with Crippen LogP contribution in [0.3, 0.4) is 0 Å². The number of benzene rings is 1. The molecule has 3 rings (SSSR count). The smallest absolute Gasteiger partial charge is 0.243 e. The first kappa shape index (κ1) is 23.0. The topological polar surface area (TPSA) is 66.5 Å². The second kappa shape index (κ2) is 10.6. The molecule has 1 amide bonds. The molecule has 164 valence electrons. The van der Waals surface area contributed by atoms with Crippen LogP contribution >= 0.6 is 11.3 Å². The van der Waals surface area contributed by atoms with Crippen molar-refractivity contribution in [3.63, 3.8) is 0 Å². The van der Waals surface area contributed by atoms with E-state index in [9.17, 15) is 13.2 Å². The quantitative estimate of drug-likeness (QED) is 0.601. The SMILES string of the molecule is CC(C)CC(NC(=O)CCc1ccc(S(=O)(=O)N2CCCCC2)cc1)c1cccs1. The summed E-state index contributed by atoms with van der Waals surface area (Å²) in [5, 5.41) is 5.20. The lowest BCUT2D eigenvalue weighted by Gasteiger charge is -2.25. The molecular formula is C23H32N2O3S2. The summed E-state index contributed by atoms with van der Waals surface area (Å²) in [6.07, 6.45) is 4.84. The van der Waals surface area contributed by atoms with Crippen molar-refractivity contribution in [1.29, 1.82) is 0 Å². The summed E-state index contributed by atoms with van der Waals surface area (Å²) in [4.78, 5) is 14.1. The van der Waals surface area contributed by atoms with Crippen molar-refractivity contribution in [2.45, 2.75) is 63.3 Å². The minimum Gasteiger partial charge on any atom is -0.348 e. The minimum atomic E-state index is -3.41. The summed E-state index contributed by atoms with van der Waals surface area (Å²) < 4.78 is 27.1. The van der Waals surface area contributed by atoms with Crippen LogP contribution in [0.15, 0.2) is 46.7 Å². The predicted molar refractivity (Wildman–Crippen MR) is 122 cm³/mol. The maximum atomic E-state index is 12.7. The average Bonchev–Trinajstić information content (AvgIpc) is 3.27. The van der Waals surface area contributed by atoms with Gasteiger partial charge in [0, 0.05) is 24.4 Å². The fraction of sp³-hybridized carbons (Fsp3) is 0.522. The van der Waals surface area contributed by atoms with Crippen LogP contribution in [0.1, 0.15) is 62.4 Å². The zero-order valence-electron chi connectivity index (χ0n) is 17.8. The number of nitrogens with zero attached hydrogens (tertiary/aromatic N) is 1. The Morgan fingerprint density at radius 3 is 2.40 bits per heavy atom. The van der Waals surface area contributed by atoms with E-state index < -0.39 is 10.0 Å². The first-order valence-corrected chi connectivity index (χ1v) is 13.1. The standard InChI is InChI=1S/C23H32N2O3S2/c1-18(2)17-21(22-7-6-16-29-22)24-23(26)13-10-19-8-11-20(12-9-19)30(27,28)25-14-4-3-5-15-25/h6-9,11-12,16,18,21H,3-5,10,13-15,17H2,1-2H3,(H,24,26). The highest BCUT2D eigenvalue weighted by Gasteiger charge is 2.25. The molecule has 1 N–H and O–H groups in total. The van der Waals surface area contributed by atoms with Crippen molar-refractivity contribution in [2.24, 2.45) is 5.92 Å². The molecule has 7 heteroatoms. The first-order chi connectivity index (χ1) is 14.4. The van der Waals surface area contributed by atoms with Crippen molar-refractivity contribution >= 4 is 27.3 Å². The van der Waals surface area contributed by atoms with E-state index in [-0.39, 0.29) is 11.9 Å². The molecule has 1 aliphatic heterocycles. The molecule has 2 heterocycles. The Bertz CT molecular complexity index is 900. The third kappa shape index (κ3) is 6.15. The van der Waals surface area contributed by atoms with Crippen LogP contribution in [-0.4, -0.2) is 31.7 Å². The number of nitrogens with one attached hydrogen (secondary N) is 1. The number of hydrogen-bond donors (Lipinski definition) is 1. The predicted octanol–water partition coefficient (Wildman–Crippen LogP) is 4.76. The third-order valence-corrected chi connectivity index (χ3v) is 8.34. The molecule has 1 saturated heterocycles. The largest absolute Gasteiger partial charge is 0.348 e. The summed E-state index contributed by atoms with van der Waals surface area (Å²) in [6.45, 7) is 5.52. The number of amides is 1. The molecule has 0 aliphatic carbocycles. The van der Waals surface area contributed by atoms with Crippen molar-refractivity contribution in [3.05, 3.63) is 52.2 Å². The van der Waals surface area contributed by atoms with Crippen molar-refractivity contribution in [1.82, 2.24) is 9.62 Å². The molecule has 1 aromatic carbocycles. The number of piperidine rings is 1. The third-order valence-electron chi connectivity index (χ3n) is 5.45. The molecule has 0 spiro atoms. The molecular weight excluding hydrogens is 416 g/mol. The van der Waals surface area contributed by atoms with Crippen LogP contribution in [0.4, 0.5) is 0 Å². The lowest BCUT2D eigenvalue weighted by atomic mass is 10.0. The molecule has 1 atom stereocenters. The highest BCUT2D eigenvalue weighted by molar-refractivity contribution is 7.89. The lowest BCUT2D eigenvalue weighted by molar-refractivity contribution is -0.121. The number of aryl methyl sites for hydroxylation is 1. The molecule has 1 aromatic heterocycles. The zero-order chi connectivity index (χ0) is 21.6. The number of rotatable bonds is 9. The summed E-state index contributed by atoms with van der Waals surface area (Å²) in [7, 11) is -3.41. The summed E-state index contributed by atoms with van der Waals surface area (Å²) in [5.74, 6) is 0.519. The van der Waals surface area contributed by atoms with Gasteiger partial charge in [-0.1, -0.05) is 38.5 Å². The molecule has 0 bridgehead atoms. The summed E-state index contributed by atoms with van der Waals surface area (Å²) >= 11 is 1.67. The minimum absolute atomic E-state index is 0.0269. The van der Waals surface area contributed by atoms with E-state index in [0.717, 1.165) is 31.2 Å². The Labute approximate surface area is 184 Å². The maximum Gasteiger partial charge on any atom is 0.243 e. The van der Waals surface area contributed by atoms with Gasteiger partial charge in [0.05, 0.1) is 10.9 Å². The van der Waals surface area contributed by atoms with Crippen LogP contribution in [0, 0.1) is 5.92 Å². The van der Waals surface area contributed by atoms with Gasteiger partial charge in [0.25, 0.3) is 0 Å². The van der Waals surface area contributed by atoms with Gasteiger partial charge in [-0.3, -0.25) is 4.79 Å². The Hall–Kier alpha value is -1.70. The van der Waals surface area contributed by atoms with Crippen molar-refractivity contribution < 1.29 is 13.2 Å². The van der Waals surface area contributed by atoms with Gasteiger partial charge in [-0.05, 0) is 60.7 Å². The van der Waals surface area contributed by atoms with Gasteiger partial charge in [-0.25, -0.2) is 8.42 Å². The molecule has 5 nitrogen and oxygen atoms in total. The Kier molecular flexibility index (Phi) is 8.08. The van der Waals surface area contributed by atoms with E-state index in [1.807, 2.05) is 23.6 Å². The zero-order valence-corrected chi connectivity index (χ0v) is 19.5. The van der Waals surface area contributed by atoms with E-state index in [4.69, 9.17) is 0 Å². The Morgan fingerprint density at radius 2 is 1.80 bits per heavy atom. The monoisotopic (exact) mass is 448 g/mol. The molecule has 1 unspecified atom stereocenters. The Balaban J connectivity index is 1.56. The second-order valence-corrected chi connectivity index (χ2v) is 11.3. The number of carbonyl (C=O) groups excluding carboxylic acids is 1. The number of sulfonamides is 1. The van der Waals surface area contributed by atoms with Crippen molar-refractivity contribution in [3.8, 4) is 0 Å². The highest BCUT2D eigenvalue weighted by Crippen LogP contribution is 2.26. The van der Waals surface area contributed by atoms with Gasteiger partial charge >= 0.3 is 0 Å². The van der Waals surface area contributed by atoms with Gasteiger partial charge in [-0.15, -0.1) is 11.3 Å². The summed E-state index contributed by atoms with van der Waals surface area (Å²) in [6, 6.07) is 11.1.